The van der Waals surface area contributed by atoms with Gasteiger partial charge in [0.25, 0.3) is 0 Å². The van der Waals surface area contributed by atoms with Crippen molar-refractivity contribution in [3.8, 4) is 0 Å². The Bertz CT molecular complexity index is 412. The molecule has 0 aliphatic carbocycles. The molecule has 1 aliphatic rings. The van der Waals surface area contributed by atoms with E-state index in [1.807, 2.05) is 0 Å². The topological polar surface area (TPSA) is 72.7 Å². The lowest BCUT2D eigenvalue weighted by atomic mass is 10.0. The van der Waals surface area contributed by atoms with Gasteiger partial charge < -0.3 is 15.0 Å². The van der Waals surface area contributed by atoms with Crippen LogP contribution in [0.1, 0.15) is 90.9 Å². The monoisotopic (exact) mass is 354 g/mol. The summed E-state index contributed by atoms with van der Waals surface area (Å²) in [5, 5.41) is 22.5. The fraction of sp³-hybridized carbons (Fsp3) is 0.900. The number of aliphatic hydroxyl groups excluding tert-OH is 1. The Morgan fingerprint density at radius 2 is 1.60 bits per heavy atom. The summed E-state index contributed by atoms with van der Waals surface area (Å²) in [6.45, 7) is 4.37. The lowest BCUT2D eigenvalue weighted by Crippen LogP contribution is -2.51. The predicted molar refractivity (Wildman–Crippen MR) is 103 cm³/mol. The number of hydrogen-bond acceptors (Lipinski definition) is 4. The number of nitrogens with zero attached hydrogens (tertiary/aromatic N) is 2. The Labute approximate surface area is 153 Å². The van der Waals surface area contributed by atoms with Gasteiger partial charge in [-0.25, -0.2) is 4.99 Å². The van der Waals surface area contributed by atoms with Gasteiger partial charge in [0.2, 0.25) is 0 Å². The summed E-state index contributed by atoms with van der Waals surface area (Å²) in [6.07, 6.45) is 13.6. The van der Waals surface area contributed by atoms with E-state index in [4.69, 9.17) is 0 Å². The summed E-state index contributed by atoms with van der Waals surface area (Å²) in [5.41, 5.74) is 0. The third-order valence-electron chi connectivity index (χ3n) is 5.17. The number of hydrogen-bond donors (Lipinski definition) is 1. The van der Waals surface area contributed by atoms with Crippen molar-refractivity contribution in [2.24, 2.45) is 4.99 Å². The van der Waals surface area contributed by atoms with Crippen LogP contribution < -0.4 is 0 Å². The standard InChI is InChI=1S/C20H38N2O3/c1-3-4-5-6-7-8-9-10-11-12-13-14-20-21-15-16-22(20,25)17-19(24)18(2)23/h19,24H,3-17H2,1-2H3. The van der Waals surface area contributed by atoms with E-state index >= 15 is 0 Å². The van der Waals surface area contributed by atoms with E-state index in [1.165, 1.54) is 64.7 Å². The molecule has 0 fully saturated rings. The van der Waals surface area contributed by atoms with Crippen molar-refractivity contribution in [3.05, 3.63) is 5.21 Å². The minimum Gasteiger partial charge on any atom is -0.626 e. The lowest BCUT2D eigenvalue weighted by molar-refractivity contribution is -0.786. The van der Waals surface area contributed by atoms with Crippen LogP contribution in [0.4, 0.5) is 0 Å². The maximum atomic E-state index is 12.8. The molecule has 0 saturated heterocycles. The van der Waals surface area contributed by atoms with Crippen LogP contribution in [-0.2, 0) is 4.79 Å². The number of Topliss-reactive ketones (excluding diaryl/α,β-unsaturated/α-hetero) is 1. The third kappa shape index (κ3) is 8.93. The number of rotatable bonds is 15. The number of unbranched alkanes of at least 4 members (excludes halogenated alkanes) is 10. The number of ketones is 1. The zero-order valence-electron chi connectivity index (χ0n) is 16.3. The normalized spacial score (nSPS) is 21.4. The second-order valence-electron chi connectivity index (χ2n) is 7.51. The van der Waals surface area contributed by atoms with Crippen LogP contribution in [0.15, 0.2) is 4.99 Å². The second-order valence-corrected chi connectivity index (χ2v) is 7.51. The highest BCUT2D eigenvalue weighted by atomic mass is 16.6. The van der Waals surface area contributed by atoms with E-state index in [-0.39, 0.29) is 12.3 Å². The van der Waals surface area contributed by atoms with Crippen LogP contribution in [0.3, 0.4) is 0 Å². The molecule has 0 aromatic carbocycles. The molecule has 0 aromatic rings. The number of aliphatic hydroxyl groups is 1. The number of aliphatic imine (C=N–C) groups is 1. The summed E-state index contributed by atoms with van der Waals surface area (Å²) < 4.78 is -0.599. The Balaban J connectivity index is 2.08. The molecule has 2 atom stereocenters. The first kappa shape index (κ1) is 22.3. The largest absolute Gasteiger partial charge is 0.626 e. The van der Waals surface area contributed by atoms with E-state index in [0.29, 0.717) is 25.3 Å². The molecule has 0 amide bonds. The quantitative estimate of drug-likeness (QED) is 0.270. The number of carbonyl (C=O) groups is 1. The van der Waals surface area contributed by atoms with Gasteiger partial charge in [0, 0.05) is 6.42 Å². The number of carbonyl (C=O) groups excluding carboxylic acids is 1. The van der Waals surface area contributed by atoms with Crippen molar-refractivity contribution in [2.75, 3.05) is 19.6 Å². The fourth-order valence-electron chi connectivity index (χ4n) is 3.43. The molecule has 0 bridgehead atoms. The van der Waals surface area contributed by atoms with Crippen molar-refractivity contribution in [1.29, 1.82) is 0 Å². The molecular weight excluding hydrogens is 316 g/mol. The Hall–Kier alpha value is -0.780. The van der Waals surface area contributed by atoms with E-state index in [9.17, 15) is 15.1 Å². The average Bonchev–Trinajstić information content (AvgIpc) is 2.93. The van der Waals surface area contributed by atoms with Crippen molar-refractivity contribution < 1.29 is 14.5 Å². The summed E-state index contributed by atoms with van der Waals surface area (Å²) >= 11 is 0. The first-order chi connectivity index (χ1) is 12.0. The van der Waals surface area contributed by atoms with E-state index in [2.05, 4.69) is 11.9 Å². The van der Waals surface area contributed by atoms with Crippen LogP contribution >= 0.6 is 0 Å². The van der Waals surface area contributed by atoms with Crippen LogP contribution in [0.5, 0.6) is 0 Å². The minimum atomic E-state index is -1.17. The van der Waals surface area contributed by atoms with Gasteiger partial charge in [0.15, 0.2) is 17.7 Å². The number of hydroxylamine groups is 3. The Morgan fingerprint density at radius 1 is 1.08 bits per heavy atom. The molecule has 0 radical (unpaired) electrons. The maximum Gasteiger partial charge on any atom is 0.198 e. The van der Waals surface area contributed by atoms with Gasteiger partial charge in [-0.15, -0.1) is 0 Å². The molecule has 0 spiro atoms. The van der Waals surface area contributed by atoms with Crippen molar-refractivity contribution in [3.63, 3.8) is 0 Å². The summed E-state index contributed by atoms with van der Waals surface area (Å²) in [5.74, 6) is 0.283. The van der Waals surface area contributed by atoms with Crippen LogP contribution in [0.25, 0.3) is 0 Å². The number of amidine groups is 1. The molecule has 25 heavy (non-hydrogen) atoms. The Kier molecular flexibility index (Phi) is 11.2. The van der Waals surface area contributed by atoms with Gasteiger partial charge in [0.05, 0.1) is 6.54 Å². The smallest absolute Gasteiger partial charge is 0.198 e. The molecule has 146 valence electrons. The first-order valence-electron chi connectivity index (χ1n) is 10.3. The SMILES string of the molecule is CCCCCCCCCCCCCC1=NCC[N+]1([O-])CC(O)C(C)=O. The van der Waals surface area contributed by atoms with E-state index < -0.39 is 10.8 Å². The highest BCUT2D eigenvalue weighted by molar-refractivity contribution is 5.81. The zero-order chi connectivity index (χ0) is 18.5. The molecule has 1 rings (SSSR count). The molecule has 0 saturated carbocycles. The molecular formula is C20H38N2O3. The van der Waals surface area contributed by atoms with Gasteiger partial charge >= 0.3 is 0 Å². The molecule has 5 heteroatoms. The van der Waals surface area contributed by atoms with Gasteiger partial charge in [0.1, 0.15) is 13.1 Å². The van der Waals surface area contributed by atoms with Crippen molar-refractivity contribution in [1.82, 2.24) is 0 Å². The lowest BCUT2D eigenvalue weighted by Gasteiger charge is -2.39. The highest BCUT2D eigenvalue weighted by Gasteiger charge is 2.33. The second kappa shape index (κ2) is 12.6. The molecule has 1 aliphatic heterocycles. The predicted octanol–water partition coefficient (Wildman–Crippen LogP) is 4.36. The van der Waals surface area contributed by atoms with Crippen molar-refractivity contribution >= 4 is 11.6 Å². The van der Waals surface area contributed by atoms with Crippen LogP contribution in [-0.4, -0.2) is 47.1 Å². The van der Waals surface area contributed by atoms with Crippen molar-refractivity contribution in [2.45, 2.75) is 97.0 Å². The maximum absolute atomic E-state index is 12.8. The summed E-state index contributed by atoms with van der Waals surface area (Å²) in [6, 6.07) is 0. The Morgan fingerprint density at radius 3 is 2.12 bits per heavy atom. The van der Waals surface area contributed by atoms with Gasteiger partial charge in [-0.05, 0) is 13.3 Å². The molecule has 5 nitrogen and oxygen atoms in total. The summed E-state index contributed by atoms with van der Waals surface area (Å²) in [7, 11) is 0. The zero-order valence-corrected chi connectivity index (χ0v) is 16.3. The first-order valence-corrected chi connectivity index (χ1v) is 10.3. The third-order valence-corrected chi connectivity index (χ3v) is 5.17. The fourth-order valence-corrected chi connectivity index (χ4v) is 3.43. The minimum absolute atomic E-state index is 0.0772. The average molecular weight is 355 g/mol. The van der Waals surface area contributed by atoms with E-state index in [1.54, 1.807) is 0 Å². The molecule has 1 heterocycles. The number of quaternary nitrogens is 1. The van der Waals surface area contributed by atoms with Gasteiger partial charge in [-0.2, -0.15) is 0 Å². The molecule has 2 unspecified atom stereocenters. The highest BCUT2D eigenvalue weighted by Crippen LogP contribution is 2.20. The van der Waals surface area contributed by atoms with Crippen LogP contribution in [0, 0.1) is 5.21 Å². The molecule has 1 N–H and O–H groups in total. The van der Waals surface area contributed by atoms with Crippen LogP contribution in [0.2, 0.25) is 0 Å². The van der Waals surface area contributed by atoms with Gasteiger partial charge in [-0.1, -0.05) is 71.1 Å². The van der Waals surface area contributed by atoms with E-state index in [0.717, 1.165) is 12.8 Å². The van der Waals surface area contributed by atoms with Gasteiger partial charge in [-0.3, -0.25) is 4.79 Å². The molecule has 0 aromatic heterocycles. The summed E-state index contributed by atoms with van der Waals surface area (Å²) in [4.78, 5) is 15.5.